The van der Waals surface area contributed by atoms with Gasteiger partial charge in [0.05, 0.1) is 30.0 Å². The van der Waals surface area contributed by atoms with E-state index in [4.69, 9.17) is 20.9 Å². The van der Waals surface area contributed by atoms with Gasteiger partial charge in [0.25, 0.3) is 0 Å². The van der Waals surface area contributed by atoms with E-state index in [2.05, 4.69) is 21.4 Å². The molecule has 0 aliphatic carbocycles. The van der Waals surface area contributed by atoms with Gasteiger partial charge in [-0.25, -0.2) is 0 Å². The molecule has 174 valence electrons. The van der Waals surface area contributed by atoms with E-state index < -0.39 is 11.8 Å². The molecule has 0 saturated heterocycles. The summed E-state index contributed by atoms with van der Waals surface area (Å²) >= 11 is 0. The molecule has 1 amide bonds. The molecule has 5 rings (SSSR count). The minimum Gasteiger partial charge on any atom is -0.497 e. The quantitative estimate of drug-likeness (QED) is 0.393. The van der Waals surface area contributed by atoms with E-state index in [0.717, 1.165) is 11.1 Å². The maximum atomic E-state index is 11.7. The Morgan fingerprint density at radius 2 is 1.94 bits per heavy atom. The van der Waals surface area contributed by atoms with Crippen LogP contribution in [-0.4, -0.2) is 33.0 Å². The number of aromatic amines is 1. The first-order valence-electron chi connectivity index (χ1n) is 10.7. The fourth-order valence-electron chi connectivity index (χ4n) is 4.24. The molecular formula is C25H21N7O3. The molecule has 10 heteroatoms. The predicted octanol–water partition coefficient (Wildman–Crippen LogP) is 2.65. The average Bonchev–Trinajstić information content (AvgIpc) is 3.47. The number of hydrogen-bond donors (Lipinski definition) is 3. The number of nitrogens with zero attached hydrogens (tertiary/aromatic N) is 4. The fourth-order valence-corrected chi connectivity index (χ4v) is 4.24. The molecule has 0 unspecified atom stereocenters. The molecule has 3 heterocycles. The van der Waals surface area contributed by atoms with Crippen LogP contribution in [0.1, 0.15) is 17.0 Å². The van der Waals surface area contributed by atoms with Crippen molar-refractivity contribution in [1.29, 1.82) is 5.26 Å². The molecule has 1 aliphatic heterocycles. The molecule has 4 aromatic rings. The maximum absolute atomic E-state index is 11.7. The van der Waals surface area contributed by atoms with Crippen LogP contribution in [0.4, 0.5) is 0 Å². The number of nitrogens with one attached hydrogen (secondary N) is 1. The summed E-state index contributed by atoms with van der Waals surface area (Å²) in [5.74, 6) is -0.269. The van der Waals surface area contributed by atoms with Crippen LogP contribution in [0.25, 0.3) is 22.5 Å². The summed E-state index contributed by atoms with van der Waals surface area (Å²) in [6, 6.07) is 19.1. The Bertz CT molecular complexity index is 1480. The number of H-pyrrole nitrogens is 1. The second-order valence-electron chi connectivity index (χ2n) is 7.93. The number of allylic oxidation sites excluding steroid dienone is 1. The Labute approximate surface area is 200 Å². The van der Waals surface area contributed by atoms with E-state index in [1.807, 2.05) is 54.6 Å². The van der Waals surface area contributed by atoms with Crippen LogP contribution in [0.2, 0.25) is 0 Å². The molecule has 0 saturated carbocycles. The maximum Gasteiger partial charge on any atom is 0.244 e. The number of nitrogens with two attached hydrogens (primary N) is 2. The Kier molecular flexibility index (Phi) is 5.43. The number of rotatable bonds is 6. The lowest BCUT2D eigenvalue weighted by Gasteiger charge is -2.24. The van der Waals surface area contributed by atoms with Crippen LogP contribution in [-0.2, 0) is 11.3 Å². The molecule has 10 nitrogen and oxygen atoms in total. The van der Waals surface area contributed by atoms with Crippen molar-refractivity contribution >= 4 is 5.91 Å². The Balaban J connectivity index is 1.74. The minimum atomic E-state index is -0.656. The minimum absolute atomic E-state index is 0.0422. The number of ether oxygens (including phenoxy) is 2. The zero-order chi connectivity index (χ0) is 24.5. The highest BCUT2D eigenvalue weighted by Crippen LogP contribution is 2.47. The smallest absolute Gasteiger partial charge is 0.244 e. The van der Waals surface area contributed by atoms with Gasteiger partial charge in [0.15, 0.2) is 0 Å². The number of carbonyl (C=O) groups excluding carboxylic acids is 1. The van der Waals surface area contributed by atoms with Crippen molar-refractivity contribution in [1.82, 2.24) is 20.0 Å². The highest BCUT2D eigenvalue weighted by Gasteiger charge is 2.38. The SMILES string of the molecule is COc1ccc(-c2[nH]nc3c2[C@@H](c2cn(CC(N)=O)nc2-c2ccccc2)C(C#N)=C(N)O3)cc1. The molecule has 2 aromatic carbocycles. The molecule has 5 N–H and O–H groups in total. The summed E-state index contributed by atoms with van der Waals surface area (Å²) in [5, 5.41) is 22.1. The van der Waals surface area contributed by atoms with Gasteiger partial charge in [-0.1, -0.05) is 30.3 Å². The molecule has 1 atom stereocenters. The molecule has 0 spiro atoms. The van der Waals surface area contributed by atoms with Crippen LogP contribution in [0.15, 0.2) is 72.3 Å². The van der Waals surface area contributed by atoms with Crippen molar-refractivity contribution in [2.75, 3.05) is 7.11 Å². The van der Waals surface area contributed by atoms with Crippen LogP contribution in [0, 0.1) is 11.3 Å². The van der Waals surface area contributed by atoms with Gasteiger partial charge in [-0.2, -0.15) is 10.4 Å². The molecule has 2 aromatic heterocycles. The van der Waals surface area contributed by atoms with E-state index >= 15 is 0 Å². The van der Waals surface area contributed by atoms with Crippen molar-refractivity contribution in [3.8, 4) is 40.2 Å². The van der Waals surface area contributed by atoms with Crippen molar-refractivity contribution in [2.24, 2.45) is 11.5 Å². The van der Waals surface area contributed by atoms with Crippen LogP contribution in [0.3, 0.4) is 0 Å². The molecule has 0 bridgehead atoms. The summed E-state index contributed by atoms with van der Waals surface area (Å²) in [7, 11) is 1.60. The lowest BCUT2D eigenvalue weighted by Crippen LogP contribution is -2.21. The number of fused-ring (bicyclic) bond motifs is 1. The lowest BCUT2D eigenvalue weighted by molar-refractivity contribution is -0.118. The van der Waals surface area contributed by atoms with Gasteiger partial charge in [0.2, 0.25) is 17.7 Å². The molecular weight excluding hydrogens is 446 g/mol. The predicted molar refractivity (Wildman–Crippen MR) is 127 cm³/mol. The zero-order valence-corrected chi connectivity index (χ0v) is 18.7. The van der Waals surface area contributed by atoms with E-state index in [-0.39, 0.29) is 23.9 Å². The summed E-state index contributed by atoms with van der Waals surface area (Å²) in [6.07, 6.45) is 1.71. The summed E-state index contributed by atoms with van der Waals surface area (Å²) < 4.78 is 12.5. The topological polar surface area (TPSA) is 158 Å². The van der Waals surface area contributed by atoms with Crippen molar-refractivity contribution in [2.45, 2.75) is 12.5 Å². The number of amides is 1. The van der Waals surface area contributed by atoms with E-state index in [0.29, 0.717) is 28.3 Å². The van der Waals surface area contributed by atoms with Gasteiger partial charge in [0, 0.05) is 22.9 Å². The number of primary amides is 1. The van der Waals surface area contributed by atoms with E-state index in [9.17, 15) is 10.1 Å². The van der Waals surface area contributed by atoms with Gasteiger partial charge >= 0.3 is 0 Å². The molecule has 0 fully saturated rings. The van der Waals surface area contributed by atoms with Crippen molar-refractivity contribution < 1.29 is 14.3 Å². The van der Waals surface area contributed by atoms with Gasteiger partial charge < -0.3 is 20.9 Å². The van der Waals surface area contributed by atoms with Gasteiger partial charge in [0.1, 0.15) is 23.9 Å². The number of benzene rings is 2. The summed E-state index contributed by atoms with van der Waals surface area (Å²) in [5.41, 5.74) is 16.0. The van der Waals surface area contributed by atoms with Crippen molar-refractivity contribution in [3.05, 3.63) is 83.4 Å². The number of carbonyl (C=O) groups is 1. The highest BCUT2D eigenvalue weighted by atomic mass is 16.5. The summed E-state index contributed by atoms with van der Waals surface area (Å²) in [4.78, 5) is 11.7. The number of aromatic nitrogens is 4. The molecule has 0 radical (unpaired) electrons. The third kappa shape index (κ3) is 3.85. The van der Waals surface area contributed by atoms with Crippen LogP contribution >= 0.6 is 0 Å². The highest BCUT2D eigenvalue weighted by molar-refractivity contribution is 5.76. The zero-order valence-electron chi connectivity index (χ0n) is 18.7. The fraction of sp³-hybridized carbons (Fsp3) is 0.120. The summed E-state index contributed by atoms with van der Waals surface area (Å²) in [6.45, 7) is -0.117. The first-order chi connectivity index (χ1) is 17.0. The van der Waals surface area contributed by atoms with Crippen molar-refractivity contribution in [3.63, 3.8) is 0 Å². The third-order valence-corrected chi connectivity index (χ3v) is 5.78. The second-order valence-corrected chi connectivity index (χ2v) is 7.93. The third-order valence-electron chi connectivity index (χ3n) is 5.78. The Hall–Kier alpha value is -5.04. The average molecular weight is 467 g/mol. The normalized spacial score (nSPS) is 14.7. The molecule has 1 aliphatic rings. The van der Waals surface area contributed by atoms with E-state index in [1.54, 1.807) is 13.3 Å². The van der Waals surface area contributed by atoms with Gasteiger partial charge in [-0.15, -0.1) is 5.10 Å². The Morgan fingerprint density at radius 3 is 2.60 bits per heavy atom. The van der Waals surface area contributed by atoms with Gasteiger partial charge in [-0.3, -0.25) is 14.6 Å². The lowest BCUT2D eigenvalue weighted by atomic mass is 9.82. The number of hydrogen-bond acceptors (Lipinski definition) is 7. The number of methoxy groups -OCH3 is 1. The largest absolute Gasteiger partial charge is 0.497 e. The van der Waals surface area contributed by atoms with Crippen LogP contribution in [0.5, 0.6) is 11.6 Å². The molecule has 35 heavy (non-hydrogen) atoms. The first kappa shape index (κ1) is 21.8. The second kappa shape index (κ2) is 8.72. The Morgan fingerprint density at radius 1 is 1.20 bits per heavy atom. The van der Waals surface area contributed by atoms with Gasteiger partial charge in [-0.05, 0) is 24.3 Å². The first-order valence-corrected chi connectivity index (χ1v) is 10.7. The number of nitriles is 1. The van der Waals surface area contributed by atoms with Crippen LogP contribution < -0.4 is 20.9 Å². The van der Waals surface area contributed by atoms with E-state index in [1.165, 1.54) is 4.68 Å². The standard InChI is InChI=1S/C25H21N7O3/c1-34-16-9-7-15(8-10-16)23-21-20(17(11-26)24(28)35-25(21)30-29-23)18-12-32(13-19(27)33)31-22(18)14-5-3-2-4-6-14/h2-10,12,20H,13,28H2,1H3,(H2,27,33)(H,29,30)/t20-/m1/s1. The monoisotopic (exact) mass is 467 g/mol.